The maximum Gasteiger partial charge on any atom is 0.167 e. The first-order valence-corrected chi connectivity index (χ1v) is 4.67. The quantitative estimate of drug-likeness (QED) is 0.809. The molecule has 1 aromatic heterocycles. The third kappa shape index (κ3) is 1.76. The summed E-state index contributed by atoms with van der Waals surface area (Å²) in [7, 11) is 1.60. The number of rotatable bonds is 2. The van der Waals surface area contributed by atoms with Gasteiger partial charge in [-0.2, -0.15) is 0 Å². The van der Waals surface area contributed by atoms with Gasteiger partial charge in [0.05, 0.1) is 12.8 Å². The van der Waals surface area contributed by atoms with Gasteiger partial charge in [0, 0.05) is 11.8 Å². The molecule has 0 saturated carbocycles. The molecule has 0 bridgehead atoms. The van der Waals surface area contributed by atoms with Gasteiger partial charge in [-0.1, -0.05) is 30.3 Å². The largest absolute Gasteiger partial charge is 0.492 e. The van der Waals surface area contributed by atoms with Crippen molar-refractivity contribution < 1.29 is 4.74 Å². The molecular weight excluding hydrogens is 188 g/mol. The predicted molar refractivity (Wildman–Crippen MR) is 60.6 cm³/mol. The predicted octanol–water partition coefficient (Wildman–Crippen LogP) is 2.34. The summed E-state index contributed by atoms with van der Waals surface area (Å²) in [6.45, 7) is 0. The molecule has 0 radical (unpaired) electrons. The van der Waals surface area contributed by atoms with Crippen molar-refractivity contribution in [3.8, 4) is 17.0 Å². The minimum absolute atomic E-state index is 0.603. The summed E-state index contributed by atoms with van der Waals surface area (Å²) < 4.78 is 5.24. The normalized spacial score (nSPS) is 9.93. The van der Waals surface area contributed by atoms with Crippen molar-refractivity contribution in [1.29, 1.82) is 0 Å². The fourth-order valence-electron chi connectivity index (χ4n) is 1.48. The molecule has 2 aromatic rings. The van der Waals surface area contributed by atoms with Crippen LogP contribution in [0, 0.1) is 0 Å². The fourth-order valence-corrected chi connectivity index (χ4v) is 1.48. The number of nitrogen functional groups attached to an aromatic ring is 1. The van der Waals surface area contributed by atoms with E-state index >= 15 is 0 Å². The van der Waals surface area contributed by atoms with Gasteiger partial charge in [-0.25, -0.2) is 0 Å². The van der Waals surface area contributed by atoms with Crippen LogP contribution in [0.1, 0.15) is 0 Å². The third-order valence-corrected chi connectivity index (χ3v) is 2.19. The first-order chi connectivity index (χ1) is 7.33. The molecule has 0 aliphatic carbocycles. The molecule has 0 saturated heterocycles. The van der Waals surface area contributed by atoms with Gasteiger partial charge >= 0.3 is 0 Å². The molecule has 0 atom stereocenters. The highest BCUT2D eigenvalue weighted by Crippen LogP contribution is 2.31. The average Bonchev–Trinajstić information content (AvgIpc) is 2.30. The van der Waals surface area contributed by atoms with Gasteiger partial charge in [0.25, 0.3) is 0 Å². The molecule has 0 amide bonds. The van der Waals surface area contributed by atoms with Crippen molar-refractivity contribution in [2.24, 2.45) is 0 Å². The van der Waals surface area contributed by atoms with Gasteiger partial charge < -0.3 is 10.5 Å². The second-order valence-electron chi connectivity index (χ2n) is 3.15. The number of benzene rings is 1. The SMILES string of the molecule is COc1c(N)ccnc1-c1ccccc1. The molecule has 0 aliphatic heterocycles. The zero-order chi connectivity index (χ0) is 10.7. The smallest absolute Gasteiger partial charge is 0.167 e. The number of anilines is 1. The lowest BCUT2D eigenvalue weighted by Crippen LogP contribution is -1.96. The third-order valence-electron chi connectivity index (χ3n) is 2.19. The standard InChI is InChI=1S/C12H12N2O/c1-15-12-10(13)7-8-14-11(12)9-5-3-2-4-6-9/h2-8H,1H3,(H2,13,14). The van der Waals surface area contributed by atoms with Crippen LogP contribution in [-0.2, 0) is 0 Å². The van der Waals surface area contributed by atoms with E-state index in [0.717, 1.165) is 11.3 Å². The molecule has 1 heterocycles. The Morgan fingerprint density at radius 2 is 1.87 bits per heavy atom. The molecule has 0 unspecified atom stereocenters. The van der Waals surface area contributed by atoms with Gasteiger partial charge in [0.2, 0.25) is 0 Å². The summed E-state index contributed by atoms with van der Waals surface area (Å²) in [5, 5.41) is 0. The van der Waals surface area contributed by atoms with Gasteiger partial charge in [0.15, 0.2) is 5.75 Å². The van der Waals surface area contributed by atoms with E-state index in [1.807, 2.05) is 30.3 Å². The van der Waals surface area contributed by atoms with Gasteiger partial charge in [-0.3, -0.25) is 4.98 Å². The second-order valence-corrected chi connectivity index (χ2v) is 3.15. The summed E-state index contributed by atoms with van der Waals surface area (Å²) in [5.41, 5.74) is 8.18. The van der Waals surface area contributed by atoms with Crippen LogP contribution in [0.4, 0.5) is 5.69 Å². The zero-order valence-corrected chi connectivity index (χ0v) is 8.47. The molecule has 15 heavy (non-hydrogen) atoms. The van der Waals surface area contributed by atoms with Crippen LogP contribution >= 0.6 is 0 Å². The van der Waals surface area contributed by atoms with Crippen LogP contribution < -0.4 is 10.5 Å². The molecular formula is C12H12N2O. The van der Waals surface area contributed by atoms with Crippen molar-refractivity contribution in [3.05, 3.63) is 42.6 Å². The fraction of sp³-hybridized carbons (Fsp3) is 0.0833. The van der Waals surface area contributed by atoms with E-state index in [1.165, 1.54) is 0 Å². The van der Waals surface area contributed by atoms with Crippen molar-refractivity contribution in [2.45, 2.75) is 0 Å². The Balaban J connectivity index is 2.58. The topological polar surface area (TPSA) is 48.1 Å². The number of nitrogens with zero attached hydrogens (tertiary/aromatic N) is 1. The van der Waals surface area contributed by atoms with E-state index in [4.69, 9.17) is 10.5 Å². The molecule has 3 heteroatoms. The Labute approximate surface area is 88.5 Å². The van der Waals surface area contributed by atoms with Crippen LogP contribution in [-0.4, -0.2) is 12.1 Å². The highest BCUT2D eigenvalue weighted by Gasteiger charge is 2.09. The van der Waals surface area contributed by atoms with Crippen molar-refractivity contribution in [2.75, 3.05) is 12.8 Å². The first kappa shape index (κ1) is 9.52. The van der Waals surface area contributed by atoms with E-state index in [-0.39, 0.29) is 0 Å². The Bertz CT molecular complexity index is 454. The number of hydrogen-bond donors (Lipinski definition) is 1. The lowest BCUT2D eigenvalue weighted by molar-refractivity contribution is 0.417. The Morgan fingerprint density at radius 3 is 2.53 bits per heavy atom. The monoisotopic (exact) mass is 200 g/mol. The van der Waals surface area contributed by atoms with Crippen molar-refractivity contribution in [1.82, 2.24) is 4.98 Å². The first-order valence-electron chi connectivity index (χ1n) is 4.67. The van der Waals surface area contributed by atoms with E-state index in [2.05, 4.69) is 4.98 Å². The summed E-state index contributed by atoms with van der Waals surface area (Å²) in [5.74, 6) is 0.628. The molecule has 0 spiro atoms. The lowest BCUT2D eigenvalue weighted by atomic mass is 10.1. The van der Waals surface area contributed by atoms with Crippen LogP contribution in [0.2, 0.25) is 0 Å². The molecule has 2 N–H and O–H groups in total. The van der Waals surface area contributed by atoms with Crippen LogP contribution in [0.5, 0.6) is 5.75 Å². The van der Waals surface area contributed by atoms with Gasteiger partial charge in [-0.15, -0.1) is 0 Å². The highest BCUT2D eigenvalue weighted by atomic mass is 16.5. The Hall–Kier alpha value is -2.03. The summed E-state index contributed by atoms with van der Waals surface area (Å²) in [6, 6.07) is 11.6. The molecule has 0 aliphatic rings. The second kappa shape index (κ2) is 4.00. The number of pyridine rings is 1. The molecule has 1 aromatic carbocycles. The number of hydrogen-bond acceptors (Lipinski definition) is 3. The van der Waals surface area contributed by atoms with Gasteiger partial charge in [0.1, 0.15) is 5.69 Å². The zero-order valence-electron chi connectivity index (χ0n) is 8.47. The van der Waals surface area contributed by atoms with Crippen LogP contribution in [0.3, 0.4) is 0 Å². The molecule has 0 fully saturated rings. The van der Waals surface area contributed by atoms with E-state index in [1.54, 1.807) is 19.4 Å². The molecule has 3 nitrogen and oxygen atoms in total. The Morgan fingerprint density at radius 1 is 1.13 bits per heavy atom. The number of aromatic nitrogens is 1. The highest BCUT2D eigenvalue weighted by molar-refractivity contribution is 5.73. The van der Waals surface area contributed by atoms with E-state index in [9.17, 15) is 0 Å². The summed E-state index contributed by atoms with van der Waals surface area (Å²) >= 11 is 0. The number of ether oxygens (including phenoxy) is 1. The maximum absolute atomic E-state index is 5.80. The van der Waals surface area contributed by atoms with Crippen molar-refractivity contribution >= 4 is 5.69 Å². The Kier molecular flexibility index (Phi) is 2.54. The minimum atomic E-state index is 0.603. The molecule has 2 rings (SSSR count). The lowest BCUT2D eigenvalue weighted by Gasteiger charge is -2.09. The van der Waals surface area contributed by atoms with Gasteiger partial charge in [-0.05, 0) is 6.07 Å². The number of nitrogens with two attached hydrogens (primary N) is 1. The molecule has 76 valence electrons. The van der Waals surface area contributed by atoms with E-state index in [0.29, 0.717) is 11.4 Å². The van der Waals surface area contributed by atoms with E-state index < -0.39 is 0 Å². The minimum Gasteiger partial charge on any atom is -0.492 e. The maximum atomic E-state index is 5.80. The average molecular weight is 200 g/mol. The van der Waals surface area contributed by atoms with Crippen LogP contribution in [0.25, 0.3) is 11.3 Å². The summed E-state index contributed by atoms with van der Waals surface area (Å²) in [6.07, 6.45) is 1.68. The van der Waals surface area contributed by atoms with Crippen LogP contribution in [0.15, 0.2) is 42.6 Å². The van der Waals surface area contributed by atoms with Crippen molar-refractivity contribution in [3.63, 3.8) is 0 Å². The summed E-state index contributed by atoms with van der Waals surface area (Å²) in [4.78, 5) is 4.28. The number of methoxy groups -OCH3 is 1.